The lowest BCUT2D eigenvalue weighted by Gasteiger charge is -2.08. The maximum Gasteiger partial charge on any atom is 0.178 e. The molecule has 0 spiro atoms. The van der Waals surface area contributed by atoms with Crippen molar-refractivity contribution in [1.82, 2.24) is 14.8 Å². The van der Waals surface area contributed by atoms with Gasteiger partial charge in [-0.1, -0.05) is 39.7 Å². The van der Waals surface area contributed by atoms with Crippen molar-refractivity contribution in [2.24, 2.45) is 0 Å². The molecule has 0 fully saturated rings. The Bertz CT molecular complexity index is 1150. The first-order valence-electron chi connectivity index (χ1n) is 8.41. The molecule has 4 aromatic rings. The number of rotatable bonds is 2. The Hall–Kier alpha value is -2.15. The van der Waals surface area contributed by atoms with Gasteiger partial charge in [0, 0.05) is 21.3 Å². The normalized spacial score (nSPS) is 12.8. The van der Waals surface area contributed by atoms with Gasteiger partial charge >= 0.3 is 0 Å². The third-order valence-electron chi connectivity index (χ3n) is 4.50. The summed E-state index contributed by atoms with van der Waals surface area (Å²) < 4.78 is 8.89. The number of nitrogens with zero attached hydrogens (tertiary/aromatic N) is 3. The van der Waals surface area contributed by atoms with Crippen LogP contribution in [0, 0.1) is 0 Å². The highest BCUT2D eigenvalue weighted by Crippen LogP contribution is 2.44. The first-order chi connectivity index (χ1) is 13.2. The molecule has 134 valence electrons. The van der Waals surface area contributed by atoms with Crippen LogP contribution in [-0.2, 0) is 6.42 Å². The summed E-state index contributed by atoms with van der Waals surface area (Å²) >= 11 is 11.7. The third-order valence-corrected chi connectivity index (χ3v) is 6.52. The van der Waals surface area contributed by atoms with Gasteiger partial charge in [-0.3, -0.25) is 4.57 Å². The number of thiophene rings is 1. The molecule has 0 saturated heterocycles. The monoisotopic (exact) mass is 457 g/mol. The standard InChI is InChI=1S/C20H13BrClN3OS/c21-13-5-6-17-14(10-13)19-12(7-8-26-17)9-18(27-19)20-24-23-11-25(20)16-4-2-1-3-15(16)22/h1-6,9-11H,7-8H2. The van der Waals surface area contributed by atoms with Crippen LogP contribution in [0.1, 0.15) is 5.56 Å². The van der Waals surface area contributed by atoms with Gasteiger partial charge in [0.15, 0.2) is 5.82 Å². The summed E-state index contributed by atoms with van der Waals surface area (Å²) in [5, 5.41) is 9.16. The molecule has 4 nitrogen and oxygen atoms in total. The Morgan fingerprint density at radius 1 is 1.15 bits per heavy atom. The van der Waals surface area contributed by atoms with Gasteiger partial charge < -0.3 is 4.74 Å². The molecule has 0 atom stereocenters. The van der Waals surface area contributed by atoms with E-state index in [1.807, 2.05) is 41.0 Å². The fraction of sp³-hybridized carbons (Fsp3) is 0.100. The molecule has 2 aromatic heterocycles. The Labute approximate surface area is 173 Å². The Balaban J connectivity index is 1.66. The average molecular weight is 459 g/mol. The second-order valence-corrected chi connectivity index (χ2v) is 8.55. The topological polar surface area (TPSA) is 39.9 Å². The highest BCUT2D eigenvalue weighted by atomic mass is 79.9. The van der Waals surface area contributed by atoms with Crippen molar-refractivity contribution in [1.29, 1.82) is 0 Å². The summed E-state index contributed by atoms with van der Waals surface area (Å²) in [6.45, 7) is 0.662. The van der Waals surface area contributed by atoms with Crippen molar-refractivity contribution < 1.29 is 4.74 Å². The van der Waals surface area contributed by atoms with E-state index in [4.69, 9.17) is 16.3 Å². The predicted molar refractivity (Wildman–Crippen MR) is 112 cm³/mol. The fourth-order valence-electron chi connectivity index (χ4n) is 3.26. The summed E-state index contributed by atoms with van der Waals surface area (Å²) in [6.07, 6.45) is 2.56. The second-order valence-electron chi connectivity index (χ2n) is 6.18. The molecule has 0 N–H and O–H groups in total. The molecule has 0 aliphatic carbocycles. The van der Waals surface area contributed by atoms with E-state index in [0.717, 1.165) is 38.6 Å². The number of benzene rings is 2. The van der Waals surface area contributed by atoms with Crippen molar-refractivity contribution in [3.8, 4) is 32.6 Å². The Kier molecular flexibility index (Phi) is 4.27. The van der Waals surface area contributed by atoms with Gasteiger partial charge in [0.1, 0.15) is 12.1 Å². The second kappa shape index (κ2) is 6.78. The molecule has 0 bridgehead atoms. The Morgan fingerprint density at radius 3 is 2.93 bits per heavy atom. The predicted octanol–water partition coefficient (Wildman–Crippen LogP) is 6.01. The highest BCUT2D eigenvalue weighted by Gasteiger charge is 2.22. The molecule has 1 aliphatic heterocycles. The zero-order valence-corrected chi connectivity index (χ0v) is 17.2. The van der Waals surface area contributed by atoms with Gasteiger partial charge in [-0.15, -0.1) is 21.5 Å². The van der Waals surface area contributed by atoms with Crippen molar-refractivity contribution >= 4 is 38.9 Å². The average Bonchev–Trinajstić information content (AvgIpc) is 3.27. The third kappa shape index (κ3) is 2.98. The lowest BCUT2D eigenvalue weighted by Crippen LogP contribution is -1.98. The van der Waals surface area contributed by atoms with E-state index in [-0.39, 0.29) is 0 Å². The van der Waals surface area contributed by atoms with Crippen molar-refractivity contribution in [3.05, 3.63) is 69.9 Å². The van der Waals surface area contributed by atoms with E-state index < -0.39 is 0 Å². The van der Waals surface area contributed by atoms with E-state index in [1.54, 1.807) is 17.7 Å². The minimum absolute atomic E-state index is 0.662. The number of aromatic nitrogens is 3. The minimum atomic E-state index is 0.662. The molecule has 7 heteroatoms. The van der Waals surface area contributed by atoms with Gasteiger partial charge in [-0.05, 0) is 42.0 Å². The summed E-state index contributed by atoms with van der Waals surface area (Å²) in [6, 6.07) is 16.0. The molecule has 27 heavy (non-hydrogen) atoms. The van der Waals surface area contributed by atoms with Crippen LogP contribution in [0.3, 0.4) is 0 Å². The van der Waals surface area contributed by atoms with E-state index >= 15 is 0 Å². The maximum absolute atomic E-state index is 6.39. The number of para-hydroxylation sites is 1. The lowest BCUT2D eigenvalue weighted by molar-refractivity contribution is 0.326. The molecular formula is C20H13BrClN3OS. The van der Waals surface area contributed by atoms with Crippen LogP contribution in [0.15, 0.2) is 59.3 Å². The number of hydrogen-bond donors (Lipinski definition) is 0. The molecule has 0 unspecified atom stereocenters. The van der Waals surface area contributed by atoms with E-state index in [9.17, 15) is 0 Å². The molecular weight excluding hydrogens is 446 g/mol. The SMILES string of the molecule is Clc1ccccc1-n1cnnc1-c1cc2c(s1)-c1cc(Br)ccc1OCC2. The van der Waals surface area contributed by atoms with Crippen LogP contribution in [0.5, 0.6) is 5.75 Å². The van der Waals surface area contributed by atoms with Gasteiger partial charge in [0.25, 0.3) is 0 Å². The van der Waals surface area contributed by atoms with E-state index in [0.29, 0.717) is 11.6 Å². The summed E-state index contributed by atoms with van der Waals surface area (Å²) in [5.41, 5.74) is 3.24. The number of halogens is 2. The highest BCUT2D eigenvalue weighted by molar-refractivity contribution is 9.10. The number of hydrogen-bond acceptors (Lipinski definition) is 4. The first kappa shape index (κ1) is 17.0. The molecule has 1 aliphatic rings. The van der Waals surface area contributed by atoms with Crippen LogP contribution in [0.25, 0.3) is 26.8 Å². The van der Waals surface area contributed by atoms with Crippen LogP contribution < -0.4 is 4.74 Å². The summed E-state index contributed by atoms with van der Waals surface area (Å²) in [5.74, 6) is 1.71. The molecule has 0 saturated carbocycles. The molecule has 5 rings (SSSR count). The largest absolute Gasteiger partial charge is 0.493 e. The van der Waals surface area contributed by atoms with Gasteiger partial charge in [-0.25, -0.2) is 0 Å². The first-order valence-corrected chi connectivity index (χ1v) is 10.4. The summed E-state index contributed by atoms with van der Waals surface area (Å²) in [4.78, 5) is 2.28. The van der Waals surface area contributed by atoms with Crippen molar-refractivity contribution in [2.75, 3.05) is 6.61 Å². The maximum atomic E-state index is 6.39. The number of fused-ring (bicyclic) bond motifs is 3. The summed E-state index contributed by atoms with van der Waals surface area (Å²) in [7, 11) is 0. The van der Waals surface area contributed by atoms with Crippen LogP contribution in [0.4, 0.5) is 0 Å². The zero-order chi connectivity index (χ0) is 18.4. The molecule has 2 aromatic carbocycles. The van der Waals surface area contributed by atoms with Crippen LogP contribution in [0.2, 0.25) is 5.02 Å². The van der Waals surface area contributed by atoms with E-state index in [1.165, 1.54) is 10.4 Å². The quantitative estimate of drug-likeness (QED) is 0.369. The lowest BCUT2D eigenvalue weighted by atomic mass is 10.1. The number of ether oxygens (including phenoxy) is 1. The van der Waals surface area contributed by atoms with Crippen LogP contribution in [-0.4, -0.2) is 21.4 Å². The van der Waals surface area contributed by atoms with Gasteiger partial charge in [0.05, 0.1) is 22.2 Å². The molecule has 0 radical (unpaired) electrons. The molecule has 3 heterocycles. The van der Waals surface area contributed by atoms with E-state index in [2.05, 4.69) is 38.3 Å². The molecule has 0 amide bonds. The van der Waals surface area contributed by atoms with Crippen molar-refractivity contribution in [2.45, 2.75) is 6.42 Å². The fourth-order valence-corrected chi connectivity index (χ4v) is 5.06. The minimum Gasteiger partial charge on any atom is -0.493 e. The smallest absolute Gasteiger partial charge is 0.178 e. The van der Waals surface area contributed by atoms with Crippen LogP contribution >= 0.6 is 38.9 Å². The van der Waals surface area contributed by atoms with Crippen molar-refractivity contribution in [3.63, 3.8) is 0 Å². The Morgan fingerprint density at radius 2 is 2.04 bits per heavy atom. The zero-order valence-electron chi connectivity index (χ0n) is 14.0. The van der Waals surface area contributed by atoms with Gasteiger partial charge in [-0.2, -0.15) is 0 Å². The van der Waals surface area contributed by atoms with Gasteiger partial charge in [0.2, 0.25) is 0 Å².